The number of hydrogen-bond acceptors (Lipinski definition) is 2. The van der Waals surface area contributed by atoms with Crippen molar-refractivity contribution in [2.45, 2.75) is 26.2 Å². The van der Waals surface area contributed by atoms with Crippen LogP contribution >= 0.6 is 57.4 Å². The lowest BCUT2D eigenvalue weighted by Gasteiger charge is -2.17. The van der Waals surface area contributed by atoms with Crippen molar-refractivity contribution in [3.8, 4) is 0 Å². The first-order valence-electron chi connectivity index (χ1n) is 7.58. The Morgan fingerprint density at radius 3 is 2.62 bits per heavy atom. The van der Waals surface area contributed by atoms with Crippen LogP contribution in [0.5, 0.6) is 0 Å². The molecule has 0 spiro atoms. The van der Waals surface area contributed by atoms with E-state index in [1.807, 2.05) is 36.4 Å². The van der Waals surface area contributed by atoms with Gasteiger partial charge in [-0.25, -0.2) is 0 Å². The highest BCUT2D eigenvalue weighted by Crippen LogP contribution is 2.26. The van der Waals surface area contributed by atoms with Crippen LogP contribution in [0.3, 0.4) is 0 Å². The summed E-state index contributed by atoms with van der Waals surface area (Å²) in [5, 5.41) is 6.24. The van der Waals surface area contributed by atoms with Gasteiger partial charge in [0.2, 0.25) is 0 Å². The fourth-order valence-electron chi connectivity index (χ4n) is 2.26. The van der Waals surface area contributed by atoms with Gasteiger partial charge < -0.3 is 5.32 Å². The number of nitrogens with one attached hydrogen (secondary N) is 2. The van der Waals surface area contributed by atoms with Crippen molar-refractivity contribution >= 4 is 74.1 Å². The molecule has 0 heterocycles. The lowest BCUT2D eigenvalue weighted by Crippen LogP contribution is -2.34. The topological polar surface area (TPSA) is 41.1 Å². The van der Waals surface area contributed by atoms with Gasteiger partial charge in [0.1, 0.15) is 0 Å². The minimum Gasteiger partial charge on any atom is -0.332 e. The molecule has 0 unspecified atom stereocenters. The van der Waals surface area contributed by atoms with Gasteiger partial charge in [-0.05, 0) is 99.6 Å². The Hall–Kier alpha value is -0.740. The lowest BCUT2D eigenvalue weighted by molar-refractivity contribution is 0.0977. The largest absolute Gasteiger partial charge is 0.332 e. The summed E-state index contributed by atoms with van der Waals surface area (Å²) in [5.41, 5.74) is 2.76. The molecule has 1 atom stereocenters. The fraction of sp³-hybridized carbons (Fsp3) is 0.222. The summed E-state index contributed by atoms with van der Waals surface area (Å²) in [4.78, 5) is 12.4. The van der Waals surface area contributed by atoms with E-state index in [0.717, 1.165) is 19.2 Å². The second-order valence-corrected chi connectivity index (χ2v) is 8.25. The summed E-state index contributed by atoms with van der Waals surface area (Å²) in [6, 6.07) is 13.8. The first-order valence-corrected chi connectivity index (χ1v) is 10.1. The van der Waals surface area contributed by atoms with E-state index >= 15 is 0 Å². The predicted octanol–water partition coefficient (Wildman–Crippen LogP) is 5.54. The number of hydrogen-bond donors (Lipinski definition) is 2. The molecule has 6 heteroatoms. The number of para-hydroxylation sites is 1. The van der Waals surface area contributed by atoms with Crippen molar-refractivity contribution in [1.29, 1.82) is 0 Å². The zero-order valence-corrected chi connectivity index (χ0v) is 18.5. The molecule has 2 aromatic carbocycles. The summed E-state index contributed by atoms with van der Waals surface area (Å²) < 4.78 is 1.91. The first-order chi connectivity index (χ1) is 11.4. The molecule has 1 amide bonds. The third-order valence-electron chi connectivity index (χ3n) is 3.75. The molecule has 0 aliphatic rings. The van der Waals surface area contributed by atoms with Crippen molar-refractivity contribution in [3.05, 3.63) is 60.7 Å². The number of thiocarbonyl (C=S) groups is 1. The van der Waals surface area contributed by atoms with Crippen LogP contribution in [-0.2, 0) is 0 Å². The van der Waals surface area contributed by atoms with E-state index in [1.54, 1.807) is 0 Å². The van der Waals surface area contributed by atoms with E-state index in [9.17, 15) is 4.79 Å². The van der Waals surface area contributed by atoms with Crippen molar-refractivity contribution < 1.29 is 4.79 Å². The third-order valence-corrected chi connectivity index (χ3v) is 5.57. The normalized spacial score (nSPS) is 11.7. The van der Waals surface area contributed by atoms with Crippen LogP contribution in [0, 0.1) is 7.14 Å². The number of halogens is 2. The van der Waals surface area contributed by atoms with Gasteiger partial charge in [0.05, 0.1) is 5.56 Å². The van der Waals surface area contributed by atoms with Crippen molar-refractivity contribution in [2.75, 3.05) is 5.32 Å². The van der Waals surface area contributed by atoms with Gasteiger partial charge in [-0.3, -0.25) is 10.1 Å². The van der Waals surface area contributed by atoms with Crippen molar-refractivity contribution in [2.24, 2.45) is 0 Å². The van der Waals surface area contributed by atoms with Crippen LogP contribution in [0.2, 0.25) is 0 Å². The molecule has 3 nitrogen and oxygen atoms in total. The Morgan fingerprint density at radius 1 is 1.21 bits per heavy atom. The Bertz CT molecular complexity index is 764. The molecular weight excluding hydrogens is 546 g/mol. The Labute approximate surface area is 175 Å². The molecular formula is C18H18I2N2OS. The Kier molecular flexibility index (Phi) is 7.42. The van der Waals surface area contributed by atoms with E-state index in [4.69, 9.17) is 12.2 Å². The molecule has 24 heavy (non-hydrogen) atoms. The van der Waals surface area contributed by atoms with Gasteiger partial charge in [0, 0.05) is 12.8 Å². The van der Waals surface area contributed by atoms with E-state index in [0.29, 0.717) is 16.6 Å². The summed E-state index contributed by atoms with van der Waals surface area (Å²) >= 11 is 9.67. The van der Waals surface area contributed by atoms with Gasteiger partial charge >= 0.3 is 0 Å². The van der Waals surface area contributed by atoms with Crippen LogP contribution in [0.15, 0.2) is 42.5 Å². The van der Waals surface area contributed by atoms with Crippen LogP contribution < -0.4 is 10.6 Å². The van der Waals surface area contributed by atoms with Gasteiger partial charge in [0.25, 0.3) is 5.91 Å². The smallest absolute Gasteiger partial charge is 0.258 e. The monoisotopic (exact) mass is 564 g/mol. The molecule has 0 aromatic heterocycles. The molecule has 2 N–H and O–H groups in total. The maximum absolute atomic E-state index is 12.4. The average Bonchev–Trinajstić information content (AvgIpc) is 2.56. The highest BCUT2D eigenvalue weighted by atomic mass is 127. The quantitative estimate of drug-likeness (QED) is 0.379. The zero-order valence-electron chi connectivity index (χ0n) is 13.4. The zero-order chi connectivity index (χ0) is 17.7. The highest BCUT2D eigenvalue weighted by Gasteiger charge is 2.14. The van der Waals surface area contributed by atoms with E-state index < -0.39 is 0 Å². The third kappa shape index (κ3) is 5.13. The van der Waals surface area contributed by atoms with Crippen LogP contribution in [-0.4, -0.2) is 11.0 Å². The Morgan fingerprint density at radius 2 is 1.92 bits per heavy atom. The SMILES string of the molecule is CC[C@H](C)c1ccccc1NC(=S)NC(=O)c1cc(I)ccc1I. The van der Waals surface area contributed by atoms with Crippen molar-refractivity contribution in [1.82, 2.24) is 5.32 Å². The standard InChI is InChI=1S/C18H18I2N2OS/c1-3-11(2)13-6-4-5-7-16(13)21-18(24)22-17(23)14-10-12(19)8-9-15(14)20/h4-11H,3H2,1-2H3,(H2,21,22,23,24)/t11-/m0/s1. The minimum absolute atomic E-state index is 0.198. The molecule has 0 saturated heterocycles. The predicted molar refractivity (Wildman–Crippen MR) is 121 cm³/mol. The molecule has 0 saturated carbocycles. The second-order valence-electron chi connectivity index (χ2n) is 5.43. The highest BCUT2D eigenvalue weighted by molar-refractivity contribution is 14.1. The van der Waals surface area contributed by atoms with Gasteiger partial charge in [-0.2, -0.15) is 0 Å². The maximum Gasteiger partial charge on any atom is 0.258 e. The molecule has 0 bridgehead atoms. The van der Waals surface area contributed by atoms with E-state index in [-0.39, 0.29) is 5.91 Å². The number of carbonyl (C=O) groups is 1. The molecule has 0 fully saturated rings. The molecule has 2 aromatic rings. The number of carbonyl (C=O) groups excluding carboxylic acids is 1. The van der Waals surface area contributed by atoms with Crippen LogP contribution in [0.25, 0.3) is 0 Å². The van der Waals surface area contributed by atoms with Crippen LogP contribution in [0.1, 0.15) is 42.1 Å². The molecule has 0 radical (unpaired) electrons. The molecule has 126 valence electrons. The summed E-state index contributed by atoms with van der Waals surface area (Å²) in [6.07, 6.45) is 1.04. The van der Waals surface area contributed by atoms with Gasteiger partial charge in [-0.15, -0.1) is 0 Å². The number of anilines is 1. The van der Waals surface area contributed by atoms with Gasteiger partial charge in [-0.1, -0.05) is 32.0 Å². The van der Waals surface area contributed by atoms with Crippen LogP contribution in [0.4, 0.5) is 5.69 Å². The van der Waals surface area contributed by atoms with E-state index in [1.165, 1.54) is 5.56 Å². The maximum atomic E-state index is 12.4. The summed E-state index contributed by atoms with van der Waals surface area (Å²) in [5.74, 6) is 0.222. The minimum atomic E-state index is -0.198. The summed E-state index contributed by atoms with van der Waals surface area (Å²) in [6.45, 7) is 4.33. The fourth-order valence-corrected chi connectivity index (χ4v) is 3.53. The van der Waals surface area contributed by atoms with Gasteiger partial charge in [0.15, 0.2) is 5.11 Å². The molecule has 0 aliphatic heterocycles. The second kappa shape index (κ2) is 9.10. The molecule has 0 aliphatic carbocycles. The van der Waals surface area contributed by atoms with Crippen molar-refractivity contribution in [3.63, 3.8) is 0 Å². The Balaban J connectivity index is 2.11. The lowest BCUT2D eigenvalue weighted by atomic mass is 9.97. The number of amides is 1. The average molecular weight is 564 g/mol. The number of benzene rings is 2. The van der Waals surface area contributed by atoms with E-state index in [2.05, 4.69) is 75.7 Å². The first kappa shape index (κ1) is 19.6. The number of rotatable bonds is 4. The summed E-state index contributed by atoms with van der Waals surface area (Å²) in [7, 11) is 0. The molecule has 2 rings (SSSR count).